The molecule has 4 nitrogen and oxygen atoms in total. The number of nitrogens with two attached hydrogens (primary N) is 1. The van der Waals surface area contributed by atoms with Crippen molar-refractivity contribution in [3.63, 3.8) is 0 Å². The summed E-state index contributed by atoms with van der Waals surface area (Å²) >= 11 is 0. The molecule has 0 radical (unpaired) electrons. The average molecular weight is 202 g/mol. The van der Waals surface area contributed by atoms with Crippen LogP contribution >= 0.6 is 0 Å². The van der Waals surface area contributed by atoms with Crippen molar-refractivity contribution < 1.29 is 0 Å². The summed E-state index contributed by atoms with van der Waals surface area (Å²) in [4.78, 5) is 8.04. The Morgan fingerprint density at radius 3 is 2.60 bits per heavy atom. The van der Waals surface area contributed by atoms with Gasteiger partial charge in [0.25, 0.3) is 0 Å². The summed E-state index contributed by atoms with van der Waals surface area (Å²) in [6.45, 7) is 0. The highest BCUT2D eigenvalue weighted by Gasteiger charge is 2.02. The van der Waals surface area contributed by atoms with E-state index < -0.39 is 0 Å². The summed E-state index contributed by atoms with van der Waals surface area (Å²) in [6.07, 6.45) is 7.39. The molecule has 0 amide bonds. The van der Waals surface area contributed by atoms with Crippen molar-refractivity contribution in [2.45, 2.75) is 12.8 Å². The van der Waals surface area contributed by atoms with E-state index in [1.807, 2.05) is 42.3 Å². The van der Waals surface area contributed by atoms with Crippen molar-refractivity contribution in [3.8, 4) is 0 Å². The second-order valence-electron chi connectivity index (χ2n) is 3.52. The lowest BCUT2D eigenvalue weighted by atomic mass is 10.1. The summed E-state index contributed by atoms with van der Waals surface area (Å²) in [5, 5.41) is 0. The number of rotatable bonds is 3. The molecule has 0 saturated heterocycles. The Morgan fingerprint density at radius 2 is 2.00 bits per heavy atom. The summed E-state index contributed by atoms with van der Waals surface area (Å²) in [5.41, 5.74) is 8.09. The first-order chi connectivity index (χ1) is 7.27. The van der Waals surface area contributed by atoms with Gasteiger partial charge in [-0.3, -0.25) is 4.98 Å². The zero-order chi connectivity index (χ0) is 10.7. The SMILES string of the molecule is Cn1c(CCc2ccncc2)cnc1N. The van der Waals surface area contributed by atoms with E-state index in [4.69, 9.17) is 5.73 Å². The molecule has 2 N–H and O–H groups in total. The van der Waals surface area contributed by atoms with Crippen molar-refractivity contribution >= 4 is 5.95 Å². The fraction of sp³-hybridized carbons (Fsp3) is 0.273. The Labute approximate surface area is 88.8 Å². The number of hydrogen-bond acceptors (Lipinski definition) is 3. The third kappa shape index (κ3) is 2.15. The van der Waals surface area contributed by atoms with Crippen LogP contribution in [0.1, 0.15) is 11.3 Å². The molecule has 0 aliphatic rings. The van der Waals surface area contributed by atoms with E-state index in [0.29, 0.717) is 5.95 Å². The molecule has 0 aliphatic carbocycles. The lowest BCUT2D eigenvalue weighted by Gasteiger charge is -2.03. The van der Waals surface area contributed by atoms with Gasteiger partial charge in [-0.25, -0.2) is 4.98 Å². The van der Waals surface area contributed by atoms with E-state index >= 15 is 0 Å². The van der Waals surface area contributed by atoms with Crippen molar-refractivity contribution in [3.05, 3.63) is 42.0 Å². The largest absolute Gasteiger partial charge is 0.369 e. The van der Waals surface area contributed by atoms with Gasteiger partial charge in [0.05, 0.1) is 6.20 Å². The van der Waals surface area contributed by atoms with E-state index in [1.165, 1.54) is 5.56 Å². The van der Waals surface area contributed by atoms with Crippen molar-refractivity contribution in [2.24, 2.45) is 7.05 Å². The normalized spacial score (nSPS) is 10.5. The maximum absolute atomic E-state index is 5.65. The predicted molar refractivity (Wildman–Crippen MR) is 59.3 cm³/mol. The van der Waals surface area contributed by atoms with Gasteiger partial charge in [0.15, 0.2) is 5.95 Å². The quantitative estimate of drug-likeness (QED) is 0.813. The third-order valence-corrected chi connectivity index (χ3v) is 2.54. The molecule has 2 aromatic heterocycles. The minimum absolute atomic E-state index is 0.569. The van der Waals surface area contributed by atoms with Gasteiger partial charge in [-0.15, -0.1) is 0 Å². The van der Waals surface area contributed by atoms with Crippen LogP contribution in [-0.4, -0.2) is 14.5 Å². The van der Waals surface area contributed by atoms with Gasteiger partial charge in [-0.05, 0) is 30.5 Å². The number of aromatic nitrogens is 3. The van der Waals surface area contributed by atoms with E-state index in [0.717, 1.165) is 18.5 Å². The summed E-state index contributed by atoms with van der Waals surface area (Å²) < 4.78 is 1.92. The maximum atomic E-state index is 5.65. The predicted octanol–water partition coefficient (Wildman–Crippen LogP) is 1.18. The maximum Gasteiger partial charge on any atom is 0.200 e. The number of anilines is 1. The number of imidazole rings is 1. The molecule has 0 spiro atoms. The van der Waals surface area contributed by atoms with E-state index in [9.17, 15) is 0 Å². The van der Waals surface area contributed by atoms with Crippen molar-refractivity contribution in [1.29, 1.82) is 0 Å². The molecule has 2 rings (SSSR count). The molecule has 0 fully saturated rings. The number of aryl methyl sites for hydroxylation is 2. The van der Waals surface area contributed by atoms with Crippen LogP contribution in [0.15, 0.2) is 30.7 Å². The number of nitrogens with zero attached hydrogens (tertiary/aromatic N) is 3. The van der Waals surface area contributed by atoms with Crippen molar-refractivity contribution in [2.75, 3.05) is 5.73 Å². The zero-order valence-electron chi connectivity index (χ0n) is 8.72. The summed E-state index contributed by atoms with van der Waals surface area (Å²) in [6, 6.07) is 4.06. The Hall–Kier alpha value is -1.84. The molecule has 0 saturated carbocycles. The molecule has 0 unspecified atom stereocenters. The smallest absolute Gasteiger partial charge is 0.200 e. The molecular weight excluding hydrogens is 188 g/mol. The molecule has 0 atom stereocenters. The molecule has 0 aromatic carbocycles. The van der Waals surface area contributed by atoms with Gasteiger partial charge in [0.1, 0.15) is 0 Å². The second-order valence-corrected chi connectivity index (χ2v) is 3.52. The van der Waals surface area contributed by atoms with E-state index in [-0.39, 0.29) is 0 Å². The monoisotopic (exact) mass is 202 g/mol. The minimum Gasteiger partial charge on any atom is -0.369 e. The zero-order valence-corrected chi connectivity index (χ0v) is 8.72. The Bertz CT molecular complexity index is 433. The number of hydrogen-bond donors (Lipinski definition) is 1. The van der Waals surface area contributed by atoms with Gasteiger partial charge in [-0.2, -0.15) is 0 Å². The Balaban J connectivity index is 2.02. The topological polar surface area (TPSA) is 56.7 Å². The first-order valence-electron chi connectivity index (χ1n) is 4.92. The van der Waals surface area contributed by atoms with Crippen LogP contribution in [0.2, 0.25) is 0 Å². The van der Waals surface area contributed by atoms with Crippen LogP contribution in [0.5, 0.6) is 0 Å². The van der Waals surface area contributed by atoms with Gasteiger partial charge >= 0.3 is 0 Å². The summed E-state index contributed by atoms with van der Waals surface area (Å²) in [5.74, 6) is 0.569. The van der Waals surface area contributed by atoms with Crippen LogP contribution in [0.3, 0.4) is 0 Å². The van der Waals surface area contributed by atoms with Gasteiger partial charge in [0, 0.05) is 25.1 Å². The fourth-order valence-corrected chi connectivity index (χ4v) is 1.52. The van der Waals surface area contributed by atoms with Gasteiger partial charge < -0.3 is 10.3 Å². The lowest BCUT2D eigenvalue weighted by molar-refractivity contribution is 0.806. The van der Waals surface area contributed by atoms with Crippen LogP contribution in [0.4, 0.5) is 5.95 Å². The molecule has 2 aromatic rings. The molecule has 15 heavy (non-hydrogen) atoms. The molecule has 78 valence electrons. The lowest BCUT2D eigenvalue weighted by Crippen LogP contribution is -2.02. The highest BCUT2D eigenvalue weighted by Crippen LogP contribution is 2.08. The first kappa shape index (κ1) is 9.71. The molecule has 4 heteroatoms. The molecular formula is C11H14N4. The average Bonchev–Trinajstić information content (AvgIpc) is 2.59. The van der Waals surface area contributed by atoms with Crippen LogP contribution in [0.25, 0.3) is 0 Å². The molecule has 0 bridgehead atoms. The fourth-order valence-electron chi connectivity index (χ4n) is 1.52. The third-order valence-electron chi connectivity index (χ3n) is 2.54. The van der Waals surface area contributed by atoms with E-state index in [1.54, 1.807) is 0 Å². The Kier molecular flexibility index (Phi) is 2.67. The highest BCUT2D eigenvalue weighted by molar-refractivity contribution is 5.23. The summed E-state index contributed by atoms with van der Waals surface area (Å²) in [7, 11) is 1.93. The van der Waals surface area contributed by atoms with Gasteiger partial charge in [0.2, 0.25) is 0 Å². The first-order valence-corrected chi connectivity index (χ1v) is 4.92. The van der Waals surface area contributed by atoms with Crippen LogP contribution in [-0.2, 0) is 19.9 Å². The molecule has 2 heterocycles. The van der Waals surface area contributed by atoms with Crippen molar-refractivity contribution in [1.82, 2.24) is 14.5 Å². The molecule has 0 aliphatic heterocycles. The van der Waals surface area contributed by atoms with Gasteiger partial charge in [-0.1, -0.05) is 0 Å². The second kappa shape index (κ2) is 4.13. The van der Waals surface area contributed by atoms with E-state index in [2.05, 4.69) is 9.97 Å². The standard InChI is InChI=1S/C11H14N4/c1-15-10(8-14-11(15)12)3-2-9-4-6-13-7-5-9/h4-8H,2-3H2,1H3,(H2,12,14). The number of pyridine rings is 1. The van der Waals surface area contributed by atoms with Crippen LogP contribution < -0.4 is 5.73 Å². The van der Waals surface area contributed by atoms with Crippen LogP contribution in [0, 0.1) is 0 Å². The number of nitrogen functional groups attached to an aromatic ring is 1. The Morgan fingerprint density at radius 1 is 1.27 bits per heavy atom. The minimum atomic E-state index is 0.569. The highest BCUT2D eigenvalue weighted by atomic mass is 15.1.